The molecule has 172 valence electrons. The molecule has 7 nitrogen and oxygen atoms in total. The molecule has 1 fully saturated rings. The Kier molecular flexibility index (Phi) is 13.1. The molecule has 2 atom stereocenters. The Bertz CT molecular complexity index is 623. The molecule has 2 rings (SSSR count). The molecule has 0 aromatic heterocycles. The smallest absolute Gasteiger partial charge is 0.191 e. The third kappa shape index (κ3) is 8.85. The maximum Gasteiger partial charge on any atom is 0.191 e. The molecule has 2 unspecified atom stereocenters. The number of nitrogens with one attached hydrogen (secondary N) is 2. The van der Waals surface area contributed by atoms with E-state index in [1.807, 2.05) is 31.2 Å². The summed E-state index contributed by atoms with van der Waals surface area (Å²) in [6.45, 7) is 16.6. The van der Waals surface area contributed by atoms with E-state index < -0.39 is 0 Å². The third-order valence-corrected chi connectivity index (χ3v) is 5.29. The van der Waals surface area contributed by atoms with Crippen molar-refractivity contribution in [2.75, 3.05) is 59.5 Å². The van der Waals surface area contributed by atoms with E-state index >= 15 is 0 Å². The van der Waals surface area contributed by atoms with Gasteiger partial charge in [-0.15, -0.1) is 24.0 Å². The van der Waals surface area contributed by atoms with Crippen LogP contribution in [0.3, 0.4) is 0 Å². The number of piperazine rings is 1. The molecular formula is C22H40IN5O2. The summed E-state index contributed by atoms with van der Waals surface area (Å²) in [7, 11) is 1.66. The van der Waals surface area contributed by atoms with Gasteiger partial charge < -0.3 is 25.0 Å². The standard InChI is InChI=1S/C22H39N5O2.HI/c1-6-23-22(24-16-18(3)27-14-12-26(7-2)13-15-27)25-17-19(4)29-21-11-9-8-10-20(21)28-5;/h8-11,18-19H,6-7,12-17H2,1-5H3,(H2,23,24,25);1H. The number of guanidine groups is 1. The first-order valence-electron chi connectivity index (χ1n) is 10.9. The van der Waals surface area contributed by atoms with E-state index in [0.29, 0.717) is 12.6 Å². The van der Waals surface area contributed by atoms with Crippen molar-refractivity contribution in [2.24, 2.45) is 4.99 Å². The maximum atomic E-state index is 6.02. The number of benzene rings is 1. The summed E-state index contributed by atoms with van der Waals surface area (Å²) in [5.41, 5.74) is 0. The molecular weight excluding hydrogens is 493 g/mol. The number of likely N-dealkylation sites (N-methyl/N-ethyl adjacent to an activating group) is 1. The fourth-order valence-electron chi connectivity index (χ4n) is 3.42. The fourth-order valence-corrected chi connectivity index (χ4v) is 3.42. The molecule has 0 spiro atoms. The van der Waals surface area contributed by atoms with E-state index in [-0.39, 0.29) is 30.1 Å². The lowest BCUT2D eigenvalue weighted by atomic mass is 10.2. The van der Waals surface area contributed by atoms with Gasteiger partial charge in [0.25, 0.3) is 0 Å². The second-order valence-corrected chi connectivity index (χ2v) is 7.50. The first-order valence-corrected chi connectivity index (χ1v) is 10.9. The maximum absolute atomic E-state index is 6.02. The summed E-state index contributed by atoms with van der Waals surface area (Å²) in [6, 6.07) is 8.16. The number of para-hydroxylation sites is 2. The van der Waals surface area contributed by atoms with Crippen LogP contribution in [0.2, 0.25) is 0 Å². The Morgan fingerprint density at radius 2 is 1.73 bits per heavy atom. The Labute approximate surface area is 199 Å². The summed E-state index contributed by atoms with van der Waals surface area (Å²) < 4.78 is 11.4. The summed E-state index contributed by atoms with van der Waals surface area (Å²) in [5.74, 6) is 2.34. The third-order valence-electron chi connectivity index (χ3n) is 5.29. The summed E-state index contributed by atoms with van der Waals surface area (Å²) >= 11 is 0. The average molecular weight is 533 g/mol. The van der Waals surface area contributed by atoms with Gasteiger partial charge in [0.15, 0.2) is 17.5 Å². The predicted octanol–water partition coefficient (Wildman–Crippen LogP) is 2.66. The van der Waals surface area contributed by atoms with Crippen LogP contribution in [-0.2, 0) is 0 Å². The van der Waals surface area contributed by atoms with Crippen LogP contribution >= 0.6 is 24.0 Å². The van der Waals surface area contributed by atoms with Crippen molar-refractivity contribution in [1.82, 2.24) is 20.4 Å². The highest BCUT2D eigenvalue weighted by Gasteiger charge is 2.20. The van der Waals surface area contributed by atoms with E-state index in [1.165, 1.54) is 0 Å². The molecule has 1 aromatic carbocycles. The van der Waals surface area contributed by atoms with Crippen molar-refractivity contribution in [3.05, 3.63) is 24.3 Å². The highest BCUT2D eigenvalue weighted by Crippen LogP contribution is 2.26. The Morgan fingerprint density at radius 3 is 2.33 bits per heavy atom. The topological polar surface area (TPSA) is 61.4 Å². The van der Waals surface area contributed by atoms with Gasteiger partial charge in [-0.05, 0) is 39.4 Å². The molecule has 1 heterocycles. The van der Waals surface area contributed by atoms with Crippen LogP contribution in [0.5, 0.6) is 11.5 Å². The molecule has 1 aliphatic heterocycles. The summed E-state index contributed by atoms with van der Waals surface area (Å²) in [6.07, 6.45) is -0.0188. The lowest BCUT2D eigenvalue weighted by Gasteiger charge is -2.37. The van der Waals surface area contributed by atoms with Gasteiger partial charge in [-0.1, -0.05) is 19.1 Å². The summed E-state index contributed by atoms with van der Waals surface area (Å²) in [4.78, 5) is 9.83. The number of nitrogens with zero attached hydrogens (tertiary/aromatic N) is 3. The van der Waals surface area contributed by atoms with Crippen LogP contribution in [0.15, 0.2) is 29.3 Å². The second-order valence-electron chi connectivity index (χ2n) is 7.50. The quantitative estimate of drug-likeness (QED) is 0.274. The minimum absolute atomic E-state index is 0. The van der Waals surface area contributed by atoms with Gasteiger partial charge >= 0.3 is 0 Å². The SMILES string of the molecule is CCNC(=NCC(C)N1CCN(CC)CC1)NCC(C)Oc1ccccc1OC.I. The molecule has 0 aliphatic carbocycles. The zero-order valence-electron chi connectivity index (χ0n) is 19.2. The van der Waals surface area contributed by atoms with Crippen LogP contribution < -0.4 is 20.1 Å². The largest absolute Gasteiger partial charge is 0.493 e. The monoisotopic (exact) mass is 533 g/mol. The van der Waals surface area contributed by atoms with Crippen LogP contribution in [0, 0.1) is 0 Å². The lowest BCUT2D eigenvalue weighted by molar-refractivity contribution is 0.109. The van der Waals surface area contributed by atoms with E-state index in [0.717, 1.165) is 63.3 Å². The molecule has 2 N–H and O–H groups in total. The van der Waals surface area contributed by atoms with Crippen molar-refractivity contribution in [3.8, 4) is 11.5 Å². The number of hydrogen-bond acceptors (Lipinski definition) is 5. The van der Waals surface area contributed by atoms with E-state index in [2.05, 4.69) is 41.2 Å². The van der Waals surface area contributed by atoms with Crippen molar-refractivity contribution in [3.63, 3.8) is 0 Å². The number of ether oxygens (including phenoxy) is 2. The zero-order chi connectivity index (χ0) is 21.1. The van der Waals surface area contributed by atoms with Crippen LogP contribution in [0.25, 0.3) is 0 Å². The van der Waals surface area contributed by atoms with Crippen LogP contribution in [0.4, 0.5) is 0 Å². The van der Waals surface area contributed by atoms with Gasteiger partial charge in [0.05, 0.1) is 20.2 Å². The van der Waals surface area contributed by atoms with Gasteiger partial charge in [0.2, 0.25) is 0 Å². The molecule has 0 saturated carbocycles. The van der Waals surface area contributed by atoms with E-state index in [4.69, 9.17) is 14.5 Å². The van der Waals surface area contributed by atoms with E-state index in [9.17, 15) is 0 Å². The molecule has 1 saturated heterocycles. The van der Waals surface area contributed by atoms with Gasteiger partial charge in [-0.3, -0.25) is 9.89 Å². The fraction of sp³-hybridized carbons (Fsp3) is 0.682. The first-order chi connectivity index (χ1) is 14.1. The Balaban J connectivity index is 0.00000450. The minimum atomic E-state index is -0.0188. The first kappa shape index (κ1) is 26.8. The number of methoxy groups -OCH3 is 1. The number of halogens is 1. The Hall–Kier alpha value is -1.26. The molecule has 0 radical (unpaired) electrons. The zero-order valence-corrected chi connectivity index (χ0v) is 21.5. The highest BCUT2D eigenvalue weighted by atomic mass is 127. The molecule has 0 amide bonds. The van der Waals surface area contributed by atoms with Gasteiger partial charge in [0, 0.05) is 38.8 Å². The molecule has 0 bridgehead atoms. The molecule has 30 heavy (non-hydrogen) atoms. The van der Waals surface area contributed by atoms with Crippen molar-refractivity contribution < 1.29 is 9.47 Å². The summed E-state index contributed by atoms with van der Waals surface area (Å²) in [5, 5.41) is 6.73. The van der Waals surface area contributed by atoms with Gasteiger partial charge in [0.1, 0.15) is 6.10 Å². The molecule has 1 aromatic rings. The lowest BCUT2D eigenvalue weighted by Crippen LogP contribution is -2.50. The predicted molar refractivity (Wildman–Crippen MR) is 136 cm³/mol. The van der Waals surface area contributed by atoms with Crippen molar-refractivity contribution >= 4 is 29.9 Å². The average Bonchev–Trinajstić information content (AvgIpc) is 2.75. The highest BCUT2D eigenvalue weighted by molar-refractivity contribution is 14.0. The van der Waals surface area contributed by atoms with Gasteiger partial charge in [-0.25, -0.2) is 0 Å². The normalized spacial score (nSPS) is 17.6. The minimum Gasteiger partial charge on any atom is -0.493 e. The Morgan fingerprint density at radius 1 is 1.07 bits per heavy atom. The van der Waals surface area contributed by atoms with Crippen molar-refractivity contribution in [2.45, 2.75) is 39.8 Å². The van der Waals surface area contributed by atoms with Crippen LogP contribution in [-0.4, -0.2) is 87.4 Å². The molecule has 1 aliphatic rings. The van der Waals surface area contributed by atoms with Crippen molar-refractivity contribution in [1.29, 1.82) is 0 Å². The second kappa shape index (κ2) is 14.7. The van der Waals surface area contributed by atoms with Gasteiger partial charge in [-0.2, -0.15) is 0 Å². The van der Waals surface area contributed by atoms with E-state index in [1.54, 1.807) is 7.11 Å². The molecule has 8 heteroatoms. The van der Waals surface area contributed by atoms with Crippen LogP contribution in [0.1, 0.15) is 27.7 Å². The number of aliphatic imine (C=N–C) groups is 1. The number of rotatable bonds is 10. The number of hydrogen-bond donors (Lipinski definition) is 2.